The fourth-order valence-corrected chi connectivity index (χ4v) is 3.23. The third-order valence-electron chi connectivity index (χ3n) is 4.95. The van der Waals surface area contributed by atoms with Crippen LogP contribution in [0.15, 0.2) is 48.8 Å². The van der Waals surface area contributed by atoms with Crippen LogP contribution in [0.3, 0.4) is 0 Å². The number of alkyl halides is 2. The smallest absolute Gasteiger partial charge is 0.302 e. The highest BCUT2D eigenvalue weighted by atomic mass is 19.3. The summed E-state index contributed by atoms with van der Waals surface area (Å²) < 4.78 is 31.7. The fourth-order valence-electron chi connectivity index (χ4n) is 3.23. The first-order valence-corrected chi connectivity index (χ1v) is 10.1. The molecule has 10 heteroatoms. The quantitative estimate of drug-likeness (QED) is 0.518. The van der Waals surface area contributed by atoms with Crippen molar-refractivity contribution in [1.29, 1.82) is 0 Å². The summed E-state index contributed by atoms with van der Waals surface area (Å²) in [4.78, 5) is 35.8. The zero-order chi connectivity index (χ0) is 23.3. The van der Waals surface area contributed by atoms with Crippen LogP contribution in [0.1, 0.15) is 19.4 Å². The van der Waals surface area contributed by atoms with E-state index in [1.807, 2.05) is 4.90 Å². The lowest BCUT2D eigenvalue weighted by atomic mass is 10.1. The number of halogens is 2. The van der Waals surface area contributed by atoms with Crippen molar-refractivity contribution in [2.24, 2.45) is 0 Å². The van der Waals surface area contributed by atoms with Gasteiger partial charge in [0, 0.05) is 69.2 Å². The van der Waals surface area contributed by atoms with Gasteiger partial charge in [-0.25, -0.2) is 18.7 Å². The van der Waals surface area contributed by atoms with Crippen LogP contribution >= 0.6 is 0 Å². The number of rotatable bonds is 7. The minimum absolute atomic E-state index is 0.0708. The number of hydrogen-bond donors (Lipinski definition) is 1. The number of benzene rings is 1. The van der Waals surface area contributed by atoms with E-state index in [1.54, 1.807) is 29.4 Å². The van der Waals surface area contributed by atoms with Gasteiger partial charge >= 0.3 is 5.97 Å². The summed E-state index contributed by atoms with van der Waals surface area (Å²) in [6, 6.07) is 5.87. The van der Waals surface area contributed by atoms with Crippen LogP contribution in [0.2, 0.25) is 0 Å². The molecular formula is C22H25F2N5O3. The van der Waals surface area contributed by atoms with E-state index in [1.165, 1.54) is 19.1 Å². The van der Waals surface area contributed by atoms with Gasteiger partial charge in [0.05, 0.1) is 0 Å². The number of ether oxygens (including phenoxy) is 1. The first-order valence-electron chi connectivity index (χ1n) is 10.1. The number of carbonyl (C=O) groups excluding carboxylic acids is 2. The molecule has 0 saturated carbocycles. The fraction of sp³-hybridized carbons (Fsp3) is 0.364. The van der Waals surface area contributed by atoms with E-state index in [4.69, 9.17) is 4.74 Å². The van der Waals surface area contributed by atoms with E-state index in [0.717, 1.165) is 6.92 Å². The SMILES string of the molecule is C=C(COC(C)=O)C(=O)N1CCN(c2nccnc2Nc2ccc(C(C)(F)F)cc2)CC1. The molecule has 1 aromatic heterocycles. The molecule has 0 aliphatic carbocycles. The second kappa shape index (κ2) is 9.71. The van der Waals surface area contributed by atoms with Gasteiger partial charge in [0.2, 0.25) is 0 Å². The Bertz CT molecular complexity index is 984. The molecule has 0 atom stereocenters. The highest BCUT2D eigenvalue weighted by Gasteiger charge is 2.26. The lowest BCUT2D eigenvalue weighted by Crippen LogP contribution is -2.49. The Balaban J connectivity index is 1.64. The number of amides is 1. The molecule has 2 heterocycles. The first kappa shape index (κ1) is 23.1. The molecule has 170 valence electrons. The summed E-state index contributed by atoms with van der Waals surface area (Å²) in [5, 5.41) is 3.12. The van der Waals surface area contributed by atoms with Gasteiger partial charge in [0.15, 0.2) is 11.6 Å². The molecule has 8 nitrogen and oxygen atoms in total. The zero-order valence-electron chi connectivity index (χ0n) is 18.0. The molecule has 3 rings (SSSR count). The predicted molar refractivity (Wildman–Crippen MR) is 116 cm³/mol. The third-order valence-corrected chi connectivity index (χ3v) is 4.95. The Hall–Kier alpha value is -3.56. The van der Waals surface area contributed by atoms with Gasteiger partial charge in [-0.1, -0.05) is 18.7 Å². The molecule has 0 bridgehead atoms. The molecule has 1 aromatic carbocycles. The van der Waals surface area contributed by atoms with E-state index in [-0.39, 0.29) is 23.7 Å². The lowest BCUT2D eigenvalue weighted by Gasteiger charge is -2.36. The van der Waals surface area contributed by atoms with Crippen molar-refractivity contribution in [3.8, 4) is 0 Å². The number of hydrogen-bond acceptors (Lipinski definition) is 7. The zero-order valence-corrected chi connectivity index (χ0v) is 18.0. The molecule has 1 aliphatic heterocycles. The van der Waals surface area contributed by atoms with Gasteiger partial charge < -0.3 is 19.9 Å². The number of nitrogens with zero attached hydrogens (tertiary/aromatic N) is 4. The molecule has 32 heavy (non-hydrogen) atoms. The number of anilines is 3. The number of aromatic nitrogens is 2. The second-order valence-electron chi connectivity index (χ2n) is 7.48. The number of piperazine rings is 1. The minimum atomic E-state index is -2.91. The normalized spacial score (nSPS) is 14.1. The summed E-state index contributed by atoms with van der Waals surface area (Å²) >= 11 is 0. The van der Waals surface area contributed by atoms with Crippen molar-refractivity contribution in [3.63, 3.8) is 0 Å². The summed E-state index contributed by atoms with van der Waals surface area (Å²) in [6.07, 6.45) is 3.11. The molecule has 1 fully saturated rings. The molecular weight excluding hydrogens is 420 g/mol. The minimum Gasteiger partial charge on any atom is -0.461 e. The van der Waals surface area contributed by atoms with Crippen LogP contribution in [0.25, 0.3) is 0 Å². The van der Waals surface area contributed by atoms with Gasteiger partial charge in [0.1, 0.15) is 6.61 Å². The van der Waals surface area contributed by atoms with Crippen molar-refractivity contribution in [2.45, 2.75) is 19.8 Å². The van der Waals surface area contributed by atoms with Gasteiger partial charge in [-0.15, -0.1) is 0 Å². The lowest BCUT2D eigenvalue weighted by molar-refractivity contribution is -0.140. The topological polar surface area (TPSA) is 87.7 Å². The van der Waals surface area contributed by atoms with E-state index in [0.29, 0.717) is 43.5 Å². The molecule has 1 N–H and O–H groups in total. The van der Waals surface area contributed by atoms with E-state index < -0.39 is 11.9 Å². The summed E-state index contributed by atoms with van der Waals surface area (Å²) in [7, 11) is 0. The highest BCUT2D eigenvalue weighted by molar-refractivity contribution is 5.93. The molecule has 1 amide bonds. The maximum absolute atomic E-state index is 13.4. The Morgan fingerprint density at radius 2 is 1.75 bits per heavy atom. The van der Waals surface area contributed by atoms with Crippen LogP contribution in [0.4, 0.5) is 26.1 Å². The summed E-state index contributed by atoms with van der Waals surface area (Å²) in [5.41, 5.74) is 0.755. The van der Waals surface area contributed by atoms with Gasteiger partial charge in [-0.2, -0.15) is 0 Å². The Labute approximate surface area is 184 Å². The second-order valence-corrected chi connectivity index (χ2v) is 7.48. The largest absolute Gasteiger partial charge is 0.461 e. The molecule has 0 spiro atoms. The maximum Gasteiger partial charge on any atom is 0.302 e. The standard InChI is InChI=1S/C22H25F2N5O3/c1-15(14-32-16(2)30)21(31)29-12-10-28(11-13-29)20-19(25-8-9-26-20)27-18-6-4-17(5-7-18)22(3,23)24/h4-9H,1,10-14H2,2-3H3,(H,25,27). The molecule has 0 unspecified atom stereocenters. The average Bonchev–Trinajstić information content (AvgIpc) is 2.77. The van der Waals surface area contributed by atoms with Crippen LogP contribution in [0.5, 0.6) is 0 Å². The molecule has 2 aromatic rings. The van der Waals surface area contributed by atoms with Crippen LogP contribution < -0.4 is 10.2 Å². The Morgan fingerprint density at radius 1 is 1.12 bits per heavy atom. The monoisotopic (exact) mass is 445 g/mol. The number of carbonyl (C=O) groups is 2. The average molecular weight is 445 g/mol. The van der Waals surface area contributed by atoms with Crippen LogP contribution in [0, 0.1) is 0 Å². The van der Waals surface area contributed by atoms with Gasteiger partial charge in [0.25, 0.3) is 11.8 Å². The van der Waals surface area contributed by atoms with Crippen molar-refractivity contribution in [3.05, 3.63) is 54.4 Å². The predicted octanol–water partition coefficient (Wildman–Crippen LogP) is 3.10. The molecule has 1 saturated heterocycles. The van der Waals surface area contributed by atoms with Crippen molar-refractivity contribution in [2.75, 3.05) is 43.0 Å². The third kappa shape index (κ3) is 5.77. The van der Waals surface area contributed by atoms with Crippen molar-refractivity contribution in [1.82, 2.24) is 14.9 Å². The summed E-state index contributed by atoms with van der Waals surface area (Å²) in [5.74, 6) is -2.54. The summed E-state index contributed by atoms with van der Waals surface area (Å²) in [6.45, 7) is 7.61. The van der Waals surface area contributed by atoms with Crippen molar-refractivity contribution >= 4 is 29.2 Å². The molecule has 1 aliphatic rings. The number of esters is 1. The van der Waals surface area contributed by atoms with Gasteiger partial charge in [-0.05, 0) is 12.1 Å². The Kier molecular flexibility index (Phi) is 7.01. The molecule has 0 radical (unpaired) electrons. The Morgan fingerprint density at radius 3 is 2.34 bits per heavy atom. The number of nitrogens with one attached hydrogen (secondary N) is 1. The first-order chi connectivity index (χ1) is 15.1. The van der Waals surface area contributed by atoms with Crippen LogP contribution in [-0.2, 0) is 20.2 Å². The van der Waals surface area contributed by atoms with E-state index >= 15 is 0 Å². The van der Waals surface area contributed by atoms with Crippen molar-refractivity contribution < 1.29 is 23.1 Å². The maximum atomic E-state index is 13.4. The van der Waals surface area contributed by atoms with Gasteiger partial charge in [-0.3, -0.25) is 9.59 Å². The van der Waals surface area contributed by atoms with E-state index in [2.05, 4.69) is 21.9 Å². The highest BCUT2D eigenvalue weighted by Crippen LogP contribution is 2.30. The van der Waals surface area contributed by atoms with E-state index in [9.17, 15) is 18.4 Å². The van der Waals surface area contributed by atoms with Crippen LogP contribution in [-0.4, -0.2) is 59.5 Å².